The van der Waals surface area contributed by atoms with Gasteiger partial charge in [-0.15, -0.1) is 0 Å². The maximum absolute atomic E-state index is 12.6. The molecular weight excluding hydrogens is 302 g/mol. The number of nitrogens with zero attached hydrogens (tertiary/aromatic N) is 2. The molecule has 6 nitrogen and oxygen atoms in total. The molecule has 134 valence electrons. The quantitative estimate of drug-likeness (QED) is 0.348. The summed E-state index contributed by atoms with van der Waals surface area (Å²) in [7, 11) is 0. The Morgan fingerprint density at radius 3 is 2.79 bits per heavy atom. The Balaban J connectivity index is 2.92. The minimum Gasteiger partial charge on any atom is -0.387 e. The smallest absolute Gasteiger partial charge is 0.261 e. The average Bonchev–Trinajstić information content (AvgIpc) is 2.53. The van der Waals surface area contributed by atoms with Crippen molar-refractivity contribution in [3.05, 3.63) is 34.2 Å². The van der Waals surface area contributed by atoms with Crippen LogP contribution in [0.15, 0.2) is 28.1 Å². The molecule has 0 aliphatic heterocycles. The molecule has 1 aromatic rings. The first-order chi connectivity index (χ1) is 11.5. The summed E-state index contributed by atoms with van der Waals surface area (Å²) in [5.74, 6) is 0.598. The summed E-state index contributed by atoms with van der Waals surface area (Å²) in [6.45, 7) is 8.48. The molecule has 4 N–H and O–H groups in total. The first-order valence-electron chi connectivity index (χ1n) is 8.79. The summed E-state index contributed by atoms with van der Waals surface area (Å²) in [4.78, 5) is 16.5. The predicted molar refractivity (Wildman–Crippen MR) is 101 cm³/mol. The van der Waals surface area contributed by atoms with Crippen LogP contribution >= 0.6 is 0 Å². The lowest BCUT2D eigenvalue weighted by atomic mass is 10.0. The lowest BCUT2D eigenvalue weighted by molar-refractivity contribution is 0.374. The number of amidine groups is 2. The van der Waals surface area contributed by atoms with Gasteiger partial charge in [-0.05, 0) is 50.9 Å². The average molecular weight is 333 g/mol. The van der Waals surface area contributed by atoms with Gasteiger partial charge in [-0.25, -0.2) is 4.99 Å². The van der Waals surface area contributed by atoms with Crippen LogP contribution in [0.4, 0.5) is 0 Å². The Morgan fingerprint density at radius 1 is 1.42 bits per heavy atom. The van der Waals surface area contributed by atoms with Gasteiger partial charge in [0, 0.05) is 12.7 Å². The number of nitrogens with two attached hydrogens (primary N) is 1. The standard InChI is InChI=1S/C18H31N5O/c1-4-6-8-15(12-21-10-5-2)13-23-11-7-9-16(18(23)24)17(20)22-14(3)19/h7,9,11,15,21H,4-6,8,10,12-13H2,1-3H3,(H3,19,20,22). The minimum atomic E-state index is -0.176. The summed E-state index contributed by atoms with van der Waals surface area (Å²) in [5.41, 5.74) is 5.63. The maximum Gasteiger partial charge on any atom is 0.261 e. The van der Waals surface area contributed by atoms with Crippen molar-refractivity contribution in [2.75, 3.05) is 13.1 Å². The van der Waals surface area contributed by atoms with Crippen LogP contribution in [0.1, 0.15) is 52.0 Å². The molecule has 0 bridgehead atoms. The zero-order valence-electron chi connectivity index (χ0n) is 15.1. The van der Waals surface area contributed by atoms with Gasteiger partial charge in [0.05, 0.1) is 11.4 Å². The van der Waals surface area contributed by atoms with Gasteiger partial charge in [0.1, 0.15) is 0 Å². The third kappa shape index (κ3) is 6.66. The van der Waals surface area contributed by atoms with E-state index in [1.165, 1.54) is 0 Å². The summed E-state index contributed by atoms with van der Waals surface area (Å²) < 4.78 is 1.69. The van der Waals surface area contributed by atoms with Crippen LogP contribution in [0, 0.1) is 11.3 Å². The van der Waals surface area contributed by atoms with Gasteiger partial charge in [-0.3, -0.25) is 10.2 Å². The van der Waals surface area contributed by atoms with Crippen molar-refractivity contribution >= 4 is 11.7 Å². The first kappa shape index (κ1) is 20.1. The largest absolute Gasteiger partial charge is 0.387 e. The fraction of sp³-hybridized carbons (Fsp3) is 0.611. The third-order valence-corrected chi connectivity index (χ3v) is 3.84. The Bertz CT molecular complexity index is 602. The Hall–Kier alpha value is -1.95. The maximum atomic E-state index is 12.6. The summed E-state index contributed by atoms with van der Waals surface area (Å²) in [6, 6.07) is 3.42. The number of hydrogen-bond acceptors (Lipinski definition) is 3. The van der Waals surface area contributed by atoms with Crippen LogP contribution in [0.2, 0.25) is 0 Å². The Kier molecular flexibility index (Phi) is 9.01. The van der Waals surface area contributed by atoms with Crippen LogP contribution in [0.5, 0.6) is 0 Å². The van der Waals surface area contributed by atoms with E-state index in [-0.39, 0.29) is 22.8 Å². The van der Waals surface area contributed by atoms with Crippen LogP contribution in [-0.2, 0) is 6.54 Å². The number of pyridine rings is 1. The SMILES string of the molecule is CCCCC(CNCCC)Cn1cccc(C(=N)N=C(C)N)c1=O. The highest BCUT2D eigenvalue weighted by Crippen LogP contribution is 2.10. The predicted octanol–water partition coefficient (Wildman–Crippen LogP) is 2.36. The number of aliphatic imine (C=N–C) groups is 1. The molecule has 24 heavy (non-hydrogen) atoms. The minimum absolute atomic E-state index is 0.0800. The van der Waals surface area contributed by atoms with Crippen molar-refractivity contribution in [1.29, 1.82) is 5.41 Å². The number of nitrogens with one attached hydrogen (secondary N) is 2. The van der Waals surface area contributed by atoms with Gasteiger partial charge in [0.15, 0.2) is 5.84 Å². The van der Waals surface area contributed by atoms with Crippen molar-refractivity contribution in [3.63, 3.8) is 0 Å². The molecule has 0 spiro atoms. The molecule has 0 amide bonds. The van der Waals surface area contributed by atoms with Crippen molar-refractivity contribution in [3.8, 4) is 0 Å². The molecule has 0 saturated carbocycles. The van der Waals surface area contributed by atoms with Gasteiger partial charge in [0.2, 0.25) is 0 Å². The molecule has 0 fully saturated rings. The van der Waals surface area contributed by atoms with Gasteiger partial charge < -0.3 is 15.6 Å². The molecular formula is C18H31N5O. The van der Waals surface area contributed by atoms with E-state index >= 15 is 0 Å². The Labute approximate surface area is 144 Å². The molecule has 0 aromatic carbocycles. The molecule has 1 unspecified atom stereocenters. The van der Waals surface area contributed by atoms with E-state index in [2.05, 4.69) is 24.2 Å². The number of unbranched alkanes of at least 4 members (excludes halogenated alkanes) is 1. The second kappa shape index (κ2) is 10.8. The fourth-order valence-electron chi connectivity index (χ4n) is 2.61. The molecule has 0 aliphatic rings. The third-order valence-electron chi connectivity index (χ3n) is 3.84. The van der Waals surface area contributed by atoms with Crippen molar-refractivity contribution in [2.24, 2.45) is 16.6 Å². The molecule has 1 aromatic heterocycles. The number of rotatable bonds is 10. The fourth-order valence-corrected chi connectivity index (χ4v) is 2.61. The van der Waals surface area contributed by atoms with Gasteiger partial charge >= 0.3 is 0 Å². The molecule has 1 atom stereocenters. The Morgan fingerprint density at radius 2 is 2.17 bits per heavy atom. The van der Waals surface area contributed by atoms with Crippen LogP contribution in [-0.4, -0.2) is 29.3 Å². The highest BCUT2D eigenvalue weighted by molar-refractivity contribution is 6.03. The van der Waals surface area contributed by atoms with Crippen molar-refractivity contribution in [1.82, 2.24) is 9.88 Å². The van der Waals surface area contributed by atoms with E-state index in [1.54, 1.807) is 29.8 Å². The topological polar surface area (TPSA) is 96.3 Å². The molecule has 0 saturated heterocycles. The molecule has 0 aliphatic carbocycles. The molecule has 6 heteroatoms. The summed E-state index contributed by atoms with van der Waals surface area (Å²) in [6.07, 6.45) is 6.27. The monoisotopic (exact) mass is 333 g/mol. The lowest BCUT2D eigenvalue weighted by Crippen LogP contribution is -2.32. The first-order valence-corrected chi connectivity index (χ1v) is 8.79. The molecule has 0 radical (unpaired) electrons. The van der Waals surface area contributed by atoms with E-state index in [9.17, 15) is 4.79 Å². The molecule has 1 rings (SSSR count). The van der Waals surface area contributed by atoms with E-state index in [1.807, 2.05) is 0 Å². The highest BCUT2D eigenvalue weighted by Gasteiger charge is 2.13. The van der Waals surface area contributed by atoms with Crippen LogP contribution < -0.4 is 16.6 Å². The zero-order chi connectivity index (χ0) is 17.9. The van der Waals surface area contributed by atoms with Crippen molar-refractivity contribution in [2.45, 2.75) is 53.0 Å². The van der Waals surface area contributed by atoms with E-state index in [0.29, 0.717) is 12.5 Å². The lowest BCUT2D eigenvalue weighted by Gasteiger charge is -2.19. The highest BCUT2D eigenvalue weighted by atomic mass is 16.1. The van der Waals surface area contributed by atoms with Gasteiger partial charge in [0.25, 0.3) is 5.56 Å². The van der Waals surface area contributed by atoms with Crippen molar-refractivity contribution < 1.29 is 0 Å². The van der Waals surface area contributed by atoms with Gasteiger partial charge in [-0.2, -0.15) is 0 Å². The summed E-state index contributed by atoms with van der Waals surface area (Å²) >= 11 is 0. The van der Waals surface area contributed by atoms with Crippen LogP contribution in [0.25, 0.3) is 0 Å². The van der Waals surface area contributed by atoms with Crippen LogP contribution in [0.3, 0.4) is 0 Å². The second-order valence-electron chi connectivity index (χ2n) is 6.19. The van der Waals surface area contributed by atoms with E-state index < -0.39 is 0 Å². The van der Waals surface area contributed by atoms with E-state index in [0.717, 1.165) is 38.8 Å². The second-order valence-corrected chi connectivity index (χ2v) is 6.19. The summed E-state index contributed by atoms with van der Waals surface area (Å²) in [5, 5.41) is 11.4. The molecule has 1 heterocycles. The number of aromatic nitrogens is 1. The normalized spacial score (nSPS) is 13.0. The number of hydrogen-bond donors (Lipinski definition) is 3. The van der Waals surface area contributed by atoms with Gasteiger partial charge in [-0.1, -0.05) is 26.7 Å². The zero-order valence-corrected chi connectivity index (χ0v) is 15.1. The van der Waals surface area contributed by atoms with E-state index in [4.69, 9.17) is 11.1 Å².